The van der Waals surface area contributed by atoms with Gasteiger partial charge in [0.1, 0.15) is 10.8 Å². The molecule has 0 saturated carbocycles. The average Bonchev–Trinajstić information content (AvgIpc) is 2.26. The predicted molar refractivity (Wildman–Crippen MR) is 57.3 cm³/mol. The highest BCUT2D eigenvalue weighted by Crippen LogP contribution is 2.27. The quantitative estimate of drug-likeness (QED) is 0.523. The molecule has 16 heavy (non-hydrogen) atoms. The summed E-state index contributed by atoms with van der Waals surface area (Å²) in [5.41, 5.74) is 1.18. The summed E-state index contributed by atoms with van der Waals surface area (Å²) in [7, 11) is 0. The first-order valence-corrected chi connectivity index (χ1v) is 5.15. The maximum Gasteiger partial charge on any atom is 0.373 e. The van der Waals surface area contributed by atoms with E-state index in [0.29, 0.717) is 0 Å². The van der Waals surface area contributed by atoms with Gasteiger partial charge in [-0.3, -0.25) is 0 Å². The number of aromatic nitrogens is 1. The van der Waals surface area contributed by atoms with Crippen LogP contribution in [0.4, 0.5) is 0 Å². The Hall–Kier alpha value is -1.06. The van der Waals surface area contributed by atoms with Gasteiger partial charge in [-0.2, -0.15) is 4.57 Å². The molecule has 0 N–H and O–H groups in total. The van der Waals surface area contributed by atoms with Crippen LogP contribution in [0.5, 0.6) is 11.6 Å². The van der Waals surface area contributed by atoms with Gasteiger partial charge >= 0.3 is 5.88 Å². The Labute approximate surface area is 109 Å². The number of hydrogen-bond acceptors (Lipinski definition) is 1. The first-order chi connectivity index (χ1) is 7.33. The van der Waals surface area contributed by atoms with Crippen molar-refractivity contribution >= 4 is 11.6 Å². The first kappa shape index (κ1) is 11.4. The normalized spacial score (nSPS) is 11.8. The van der Waals surface area contributed by atoms with Crippen LogP contribution in [0.25, 0.3) is 0 Å². The maximum absolute atomic E-state index is 5.93. The smallest absolute Gasteiger partial charge is 0.373 e. The number of fused-ring (bicyclic) bond motifs is 2. The van der Waals surface area contributed by atoms with E-state index >= 15 is 0 Å². The summed E-state index contributed by atoms with van der Waals surface area (Å²) in [4.78, 5) is 0. The first-order valence-electron chi connectivity index (χ1n) is 4.78. The van der Waals surface area contributed by atoms with Crippen molar-refractivity contribution in [3.8, 4) is 11.6 Å². The van der Waals surface area contributed by atoms with E-state index in [2.05, 4.69) is 6.07 Å². The van der Waals surface area contributed by atoms with Gasteiger partial charge in [-0.1, -0.05) is 23.7 Å². The highest BCUT2D eigenvalue weighted by atomic mass is 79.9. The van der Waals surface area contributed by atoms with Crippen LogP contribution < -0.4 is 26.3 Å². The number of pyridine rings is 1. The van der Waals surface area contributed by atoms with Crippen molar-refractivity contribution in [3.05, 3.63) is 53.2 Å². The molecule has 1 aromatic carbocycles. The lowest BCUT2D eigenvalue weighted by molar-refractivity contribution is -0.695. The standard InChI is InChI=1S/C12H9ClNO.BrH/c13-10-5-6-12-14(8-10)7-9-3-1-2-4-11(9)15-12;/h1-6,8H,7H2;1H/q+1;/p-1. The van der Waals surface area contributed by atoms with Crippen molar-refractivity contribution in [2.24, 2.45) is 0 Å². The van der Waals surface area contributed by atoms with E-state index < -0.39 is 0 Å². The number of para-hydroxylation sites is 1. The summed E-state index contributed by atoms with van der Waals surface area (Å²) in [6.07, 6.45) is 1.88. The average molecular weight is 299 g/mol. The van der Waals surface area contributed by atoms with Crippen LogP contribution in [0.2, 0.25) is 5.02 Å². The van der Waals surface area contributed by atoms with E-state index in [1.165, 1.54) is 5.56 Å². The minimum atomic E-state index is 0. The molecule has 0 spiro atoms. The van der Waals surface area contributed by atoms with Crippen LogP contribution in [0, 0.1) is 0 Å². The molecule has 82 valence electrons. The summed E-state index contributed by atoms with van der Waals surface area (Å²) >= 11 is 5.93. The minimum Gasteiger partial charge on any atom is -1.00 e. The molecular formula is C12H9BrClNO. The SMILES string of the molecule is Clc1ccc2[n+](c1)Cc1ccccc1O2.[Br-]. The lowest BCUT2D eigenvalue weighted by Gasteiger charge is -2.14. The molecule has 2 nitrogen and oxygen atoms in total. The Balaban J connectivity index is 0.000000963. The molecule has 4 heteroatoms. The second-order valence-corrected chi connectivity index (χ2v) is 3.96. The molecule has 0 fully saturated rings. The second kappa shape index (κ2) is 4.44. The number of hydrogen-bond donors (Lipinski definition) is 0. The van der Waals surface area contributed by atoms with E-state index in [9.17, 15) is 0 Å². The third kappa shape index (κ3) is 1.93. The molecule has 2 aromatic rings. The zero-order valence-electron chi connectivity index (χ0n) is 8.36. The molecule has 0 radical (unpaired) electrons. The van der Waals surface area contributed by atoms with Gasteiger partial charge in [-0.25, -0.2) is 0 Å². The molecule has 1 aliphatic heterocycles. The van der Waals surface area contributed by atoms with Crippen LogP contribution in [-0.2, 0) is 6.54 Å². The van der Waals surface area contributed by atoms with Gasteiger partial charge in [-0.15, -0.1) is 0 Å². The Kier molecular flexibility index (Phi) is 3.17. The van der Waals surface area contributed by atoms with Crippen LogP contribution in [0.3, 0.4) is 0 Å². The van der Waals surface area contributed by atoms with E-state index in [0.717, 1.165) is 23.2 Å². The molecule has 2 heterocycles. The number of ether oxygens (including phenoxy) is 1. The highest BCUT2D eigenvalue weighted by molar-refractivity contribution is 6.30. The number of rotatable bonds is 0. The Morgan fingerprint density at radius 3 is 2.81 bits per heavy atom. The molecule has 0 aliphatic carbocycles. The Morgan fingerprint density at radius 1 is 1.12 bits per heavy atom. The van der Waals surface area contributed by atoms with Gasteiger partial charge in [-0.05, 0) is 18.2 Å². The minimum absolute atomic E-state index is 0. The van der Waals surface area contributed by atoms with Crippen LogP contribution in [0.15, 0.2) is 42.6 Å². The van der Waals surface area contributed by atoms with Crippen molar-refractivity contribution in [1.29, 1.82) is 0 Å². The second-order valence-electron chi connectivity index (χ2n) is 3.52. The predicted octanol–water partition coefficient (Wildman–Crippen LogP) is -0.215. The molecule has 1 aliphatic rings. The third-order valence-corrected chi connectivity index (χ3v) is 2.70. The van der Waals surface area contributed by atoms with Gasteiger partial charge in [0.05, 0.1) is 11.6 Å². The van der Waals surface area contributed by atoms with Crippen molar-refractivity contribution in [2.75, 3.05) is 0 Å². The molecular weight excluding hydrogens is 289 g/mol. The number of benzene rings is 1. The summed E-state index contributed by atoms with van der Waals surface area (Å²) in [6.45, 7) is 0.812. The molecule has 0 amide bonds. The van der Waals surface area contributed by atoms with E-state index in [-0.39, 0.29) is 17.0 Å². The Morgan fingerprint density at radius 2 is 1.94 bits per heavy atom. The topological polar surface area (TPSA) is 13.1 Å². The summed E-state index contributed by atoms with van der Waals surface area (Å²) in [5, 5.41) is 0.724. The number of nitrogens with zero attached hydrogens (tertiary/aromatic N) is 1. The molecule has 0 saturated heterocycles. The highest BCUT2D eigenvalue weighted by Gasteiger charge is 2.22. The van der Waals surface area contributed by atoms with Crippen molar-refractivity contribution < 1.29 is 26.3 Å². The summed E-state index contributed by atoms with van der Waals surface area (Å²) in [6, 6.07) is 11.8. The zero-order valence-corrected chi connectivity index (χ0v) is 10.7. The monoisotopic (exact) mass is 297 g/mol. The fraction of sp³-hybridized carbons (Fsp3) is 0.0833. The van der Waals surface area contributed by atoms with E-state index in [1.54, 1.807) is 0 Å². The molecule has 3 rings (SSSR count). The zero-order chi connectivity index (χ0) is 10.3. The van der Waals surface area contributed by atoms with Gasteiger partial charge < -0.3 is 21.7 Å². The van der Waals surface area contributed by atoms with Crippen LogP contribution in [0.1, 0.15) is 5.56 Å². The lowest BCUT2D eigenvalue weighted by Crippen LogP contribution is -3.00. The molecule has 0 atom stereocenters. The van der Waals surface area contributed by atoms with Crippen molar-refractivity contribution in [3.63, 3.8) is 0 Å². The maximum atomic E-state index is 5.93. The summed E-state index contributed by atoms with van der Waals surface area (Å²) in [5.74, 6) is 1.76. The largest absolute Gasteiger partial charge is 1.00 e. The van der Waals surface area contributed by atoms with Crippen LogP contribution in [-0.4, -0.2) is 0 Å². The molecule has 1 aromatic heterocycles. The fourth-order valence-corrected chi connectivity index (χ4v) is 1.93. The van der Waals surface area contributed by atoms with Crippen molar-refractivity contribution in [1.82, 2.24) is 0 Å². The van der Waals surface area contributed by atoms with E-state index in [4.69, 9.17) is 16.3 Å². The van der Waals surface area contributed by atoms with Gasteiger partial charge in [0, 0.05) is 0 Å². The Bertz CT molecular complexity index is 530. The van der Waals surface area contributed by atoms with Crippen LogP contribution >= 0.6 is 11.6 Å². The van der Waals surface area contributed by atoms with Crippen molar-refractivity contribution in [2.45, 2.75) is 6.54 Å². The third-order valence-electron chi connectivity index (χ3n) is 2.48. The van der Waals surface area contributed by atoms with Gasteiger partial charge in [0.15, 0.2) is 12.7 Å². The molecule has 0 bridgehead atoms. The van der Waals surface area contributed by atoms with Gasteiger partial charge in [0.2, 0.25) is 0 Å². The fourth-order valence-electron chi connectivity index (χ4n) is 1.75. The summed E-state index contributed by atoms with van der Waals surface area (Å²) < 4.78 is 7.74. The molecule has 0 unspecified atom stereocenters. The van der Waals surface area contributed by atoms with E-state index in [1.807, 2.05) is 41.1 Å². The van der Waals surface area contributed by atoms with Gasteiger partial charge in [0.25, 0.3) is 0 Å². The number of halogens is 2. The lowest BCUT2D eigenvalue weighted by atomic mass is 10.2.